The maximum Gasteiger partial charge on any atom is 0.341 e. The number of carboxylic acids is 1. The van der Waals surface area contributed by atoms with Crippen molar-refractivity contribution in [2.75, 3.05) is 24.6 Å². The first-order valence-corrected chi connectivity index (χ1v) is 9.02. The zero-order valence-electron chi connectivity index (χ0n) is 14.7. The van der Waals surface area contributed by atoms with Crippen LogP contribution in [0.2, 0.25) is 0 Å². The molecule has 1 aliphatic carbocycles. The van der Waals surface area contributed by atoms with Gasteiger partial charge in [0.05, 0.1) is 17.8 Å². The van der Waals surface area contributed by atoms with E-state index in [4.69, 9.17) is 5.11 Å². The lowest BCUT2D eigenvalue weighted by Crippen LogP contribution is -2.32. The average molecular weight is 373 g/mol. The van der Waals surface area contributed by atoms with Gasteiger partial charge in [0, 0.05) is 25.3 Å². The Labute approximate surface area is 154 Å². The summed E-state index contributed by atoms with van der Waals surface area (Å²) in [7, 11) is 0. The Bertz CT molecular complexity index is 1000. The zero-order valence-corrected chi connectivity index (χ0v) is 14.7. The quantitative estimate of drug-likeness (QED) is 0.629. The van der Waals surface area contributed by atoms with E-state index in [1.165, 1.54) is 6.20 Å². The number of carbonyl (C=O) groups is 1. The van der Waals surface area contributed by atoms with Gasteiger partial charge in [0.1, 0.15) is 11.1 Å². The molecule has 0 bridgehead atoms. The molecule has 2 aliphatic rings. The van der Waals surface area contributed by atoms with E-state index < -0.39 is 17.3 Å². The Balaban J connectivity index is 1.80. The fraction of sp³-hybridized carbons (Fsp3) is 0.421. The first-order chi connectivity index (χ1) is 13.0. The number of aliphatic hydroxyl groups is 1. The van der Waals surface area contributed by atoms with Crippen LogP contribution in [0.5, 0.6) is 0 Å². The van der Waals surface area contributed by atoms with Crippen LogP contribution in [0.4, 0.5) is 10.1 Å². The molecule has 0 radical (unpaired) electrons. The number of aliphatic hydroxyl groups excluding tert-OH is 1. The van der Waals surface area contributed by atoms with Gasteiger partial charge in [-0.15, -0.1) is 0 Å². The molecule has 2 aromatic rings. The van der Waals surface area contributed by atoms with Crippen LogP contribution < -0.4 is 10.3 Å². The van der Waals surface area contributed by atoms with Crippen molar-refractivity contribution < 1.29 is 19.4 Å². The number of carboxylic acid groups (broad SMARTS) is 1. The molecule has 7 nitrogen and oxygen atoms in total. The molecular formula is C19H20FN3O4. The summed E-state index contributed by atoms with van der Waals surface area (Å²) in [6.45, 7) is 1.19. The van der Waals surface area contributed by atoms with Crippen molar-refractivity contribution in [3.63, 3.8) is 0 Å². The fourth-order valence-corrected chi connectivity index (χ4v) is 3.63. The summed E-state index contributed by atoms with van der Waals surface area (Å²) in [5.74, 6) is -2.10. The molecule has 1 aliphatic heterocycles. The van der Waals surface area contributed by atoms with E-state index >= 15 is 0 Å². The molecule has 0 atom stereocenters. The average Bonchev–Trinajstić information content (AvgIpc) is 3.48. The van der Waals surface area contributed by atoms with E-state index in [1.807, 2.05) is 4.90 Å². The molecule has 142 valence electrons. The highest BCUT2D eigenvalue weighted by Gasteiger charge is 2.29. The van der Waals surface area contributed by atoms with E-state index in [9.17, 15) is 19.1 Å². The molecule has 3 heterocycles. The second-order valence-corrected chi connectivity index (χ2v) is 7.01. The topological polar surface area (TPSA) is 95.7 Å². The van der Waals surface area contributed by atoms with E-state index in [-0.39, 0.29) is 23.7 Å². The maximum atomic E-state index is 14.7. The highest BCUT2D eigenvalue weighted by atomic mass is 19.1. The number of hydrogen-bond acceptors (Lipinski definition) is 5. The van der Waals surface area contributed by atoms with Gasteiger partial charge in [0.2, 0.25) is 11.4 Å². The molecule has 2 N–H and O–H groups in total. The molecule has 0 aromatic carbocycles. The number of halogens is 1. The number of fused-ring (bicyclic) bond motifs is 1. The van der Waals surface area contributed by atoms with Gasteiger partial charge in [-0.3, -0.25) is 4.79 Å². The van der Waals surface area contributed by atoms with Gasteiger partial charge in [-0.1, -0.05) is 11.6 Å². The fourth-order valence-electron chi connectivity index (χ4n) is 3.63. The van der Waals surface area contributed by atoms with Crippen LogP contribution in [-0.2, 0) is 0 Å². The summed E-state index contributed by atoms with van der Waals surface area (Å²) in [5.41, 5.74) is 0.658. The summed E-state index contributed by atoms with van der Waals surface area (Å²) in [4.78, 5) is 29.6. The monoisotopic (exact) mass is 373 g/mol. The van der Waals surface area contributed by atoms with E-state index in [1.54, 1.807) is 16.7 Å². The Kier molecular flexibility index (Phi) is 4.43. The molecule has 1 saturated carbocycles. The molecule has 2 aromatic heterocycles. The number of aromatic nitrogens is 2. The molecule has 1 saturated heterocycles. The third kappa shape index (κ3) is 3.21. The molecule has 8 heteroatoms. The van der Waals surface area contributed by atoms with Crippen molar-refractivity contribution in [1.29, 1.82) is 0 Å². The lowest BCUT2D eigenvalue weighted by Gasteiger charge is -2.30. The normalized spacial score (nSPS) is 17.4. The second kappa shape index (κ2) is 6.77. The largest absolute Gasteiger partial charge is 0.477 e. The van der Waals surface area contributed by atoms with Gasteiger partial charge in [-0.2, -0.15) is 4.39 Å². The summed E-state index contributed by atoms with van der Waals surface area (Å²) in [5, 5.41) is 18.3. The van der Waals surface area contributed by atoms with Gasteiger partial charge in [0.25, 0.3) is 0 Å². The lowest BCUT2D eigenvalue weighted by atomic mass is 10.0. The van der Waals surface area contributed by atoms with Gasteiger partial charge < -0.3 is 19.7 Å². The smallest absolute Gasteiger partial charge is 0.341 e. The Morgan fingerprint density at radius 2 is 2.04 bits per heavy atom. The highest BCUT2D eigenvalue weighted by Crippen LogP contribution is 2.38. The van der Waals surface area contributed by atoms with Gasteiger partial charge in [0.15, 0.2) is 0 Å². The SMILES string of the molecule is O=C(O)c1cn(C2CC2)c2cc(N3CCC(=CCO)CC3)c(F)nc2c1=O. The van der Waals surface area contributed by atoms with Gasteiger partial charge >= 0.3 is 5.97 Å². The van der Waals surface area contributed by atoms with Crippen molar-refractivity contribution >= 4 is 22.7 Å². The minimum Gasteiger partial charge on any atom is -0.477 e. The predicted octanol–water partition coefficient (Wildman–Crippen LogP) is 2.09. The van der Waals surface area contributed by atoms with Crippen LogP contribution >= 0.6 is 0 Å². The first-order valence-electron chi connectivity index (χ1n) is 9.02. The number of hydrogen-bond donors (Lipinski definition) is 2. The molecule has 4 rings (SSSR count). The maximum absolute atomic E-state index is 14.7. The number of anilines is 1. The zero-order chi connectivity index (χ0) is 19.1. The second-order valence-electron chi connectivity index (χ2n) is 7.01. The molecule has 0 amide bonds. The number of nitrogens with zero attached hydrogens (tertiary/aromatic N) is 3. The summed E-state index contributed by atoms with van der Waals surface area (Å²) < 4.78 is 16.5. The van der Waals surface area contributed by atoms with E-state index in [2.05, 4.69) is 4.98 Å². The van der Waals surface area contributed by atoms with Crippen LogP contribution in [0.25, 0.3) is 11.0 Å². The number of aromatic carboxylic acids is 1. The van der Waals surface area contributed by atoms with Crippen LogP contribution in [0.15, 0.2) is 28.7 Å². The third-order valence-electron chi connectivity index (χ3n) is 5.24. The Hall–Kier alpha value is -2.74. The van der Waals surface area contributed by atoms with Gasteiger partial charge in [-0.05, 0) is 31.7 Å². The minimum atomic E-state index is -1.33. The Morgan fingerprint density at radius 1 is 1.33 bits per heavy atom. The molecule has 27 heavy (non-hydrogen) atoms. The molecule has 0 unspecified atom stereocenters. The summed E-state index contributed by atoms with van der Waals surface area (Å²) >= 11 is 0. The van der Waals surface area contributed by atoms with Crippen LogP contribution in [0, 0.1) is 5.95 Å². The van der Waals surface area contributed by atoms with E-state index in [0.717, 1.165) is 31.3 Å². The Morgan fingerprint density at radius 3 is 2.63 bits per heavy atom. The minimum absolute atomic E-state index is 0.000794. The highest BCUT2D eigenvalue weighted by molar-refractivity contribution is 5.92. The summed E-state index contributed by atoms with van der Waals surface area (Å²) in [6.07, 6.45) is 6.37. The van der Waals surface area contributed by atoms with E-state index in [0.29, 0.717) is 24.3 Å². The first kappa shape index (κ1) is 17.7. The van der Waals surface area contributed by atoms with Crippen molar-refractivity contribution in [2.24, 2.45) is 0 Å². The van der Waals surface area contributed by atoms with Gasteiger partial charge in [-0.25, -0.2) is 9.78 Å². The third-order valence-corrected chi connectivity index (χ3v) is 5.24. The van der Waals surface area contributed by atoms with Crippen molar-refractivity contribution in [3.8, 4) is 0 Å². The standard InChI is InChI=1S/C19H20FN3O4/c20-18-15(22-6-3-11(4-7-22)5-8-24)9-14-16(21-18)17(25)13(19(26)27)10-23(14)12-1-2-12/h5,9-10,12,24H,1-4,6-8H2,(H,26,27). The predicted molar refractivity (Wildman–Crippen MR) is 97.8 cm³/mol. The van der Waals surface area contributed by atoms with Crippen LogP contribution in [-0.4, -0.2) is 45.4 Å². The lowest BCUT2D eigenvalue weighted by molar-refractivity contribution is 0.0694. The van der Waals surface area contributed by atoms with Crippen LogP contribution in [0.3, 0.4) is 0 Å². The van der Waals surface area contributed by atoms with Crippen molar-refractivity contribution in [3.05, 3.63) is 45.6 Å². The molecule has 0 spiro atoms. The number of pyridine rings is 2. The summed E-state index contributed by atoms with van der Waals surface area (Å²) in [6, 6.07) is 1.73. The molecular weight excluding hydrogens is 353 g/mol. The van der Waals surface area contributed by atoms with Crippen LogP contribution in [0.1, 0.15) is 42.1 Å². The molecule has 2 fully saturated rings. The number of piperidine rings is 1. The number of rotatable bonds is 4. The van der Waals surface area contributed by atoms with Crippen molar-refractivity contribution in [2.45, 2.75) is 31.7 Å². The van der Waals surface area contributed by atoms with Crippen molar-refractivity contribution in [1.82, 2.24) is 9.55 Å².